The Hall–Kier alpha value is -0.370. The van der Waals surface area contributed by atoms with Crippen LogP contribution in [0, 0.1) is 11.8 Å². The van der Waals surface area contributed by atoms with E-state index in [1.54, 1.807) is 0 Å². The molecule has 0 saturated heterocycles. The third-order valence-corrected chi connectivity index (χ3v) is 3.34. The van der Waals surface area contributed by atoms with Crippen LogP contribution in [-0.4, -0.2) is 18.5 Å². The molecule has 2 aliphatic carbocycles. The molecule has 0 heterocycles. The van der Waals surface area contributed by atoms with Crippen molar-refractivity contribution in [2.45, 2.75) is 45.1 Å². The van der Waals surface area contributed by atoms with E-state index in [0.717, 1.165) is 31.8 Å². The number of Topliss-reactive ketones (excluding diaryl/α,β-unsaturated/α-hetero) is 1. The van der Waals surface area contributed by atoms with Crippen molar-refractivity contribution >= 4 is 5.78 Å². The molecule has 0 spiro atoms. The molecule has 0 aromatic heterocycles. The molecule has 0 N–H and O–H groups in total. The fourth-order valence-electron chi connectivity index (χ4n) is 2.27. The Morgan fingerprint density at radius 3 is 2.54 bits per heavy atom. The first-order valence-electron chi connectivity index (χ1n) is 5.43. The van der Waals surface area contributed by atoms with Crippen LogP contribution in [0.3, 0.4) is 0 Å². The molecule has 0 aromatic carbocycles. The zero-order chi connectivity index (χ0) is 9.26. The van der Waals surface area contributed by atoms with Crippen LogP contribution in [0.15, 0.2) is 0 Å². The lowest BCUT2D eigenvalue weighted by Crippen LogP contribution is -2.41. The topological polar surface area (TPSA) is 26.3 Å². The normalized spacial score (nSPS) is 34.1. The molecule has 0 bridgehead atoms. The van der Waals surface area contributed by atoms with Crippen molar-refractivity contribution in [1.82, 2.24) is 0 Å². The van der Waals surface area contributed by atoms with E-state index in [1.165, 1.54) is 12.8 Å². The summed E-state index contributed by atoms with van der Waals surface area (Å²) in [5.74, 6) is 1.98. The molecule has 13 heavy (non-hydrogen) atoms. The van der Waals surface area contributed by atoms with E-state index in [9.17, 15) is 4.79 Å². The summed E-state index contributed by atoms with van der Waals surface area (Å²) in [6.07, 6.45) is 5.75. The second-order valence-electron chi connectivity index (χ2n) is 4.43. The lowest BCUT2D eigenvalue weighted by Gasteiger charge is -2.43. The van der Waals surface area contributed by atoms with E-state index < -0.39 is 0 Å². The molecule has 2 saturated carbocycles. The molecule has 0 unspecified atom stereocenters. The Morgan fingerprint density at radius 1 is 1.31 bits per heavy atom. The maximum Gasteiger partial charge on any atom is 0.133 e. The molecule has 0 atom stereocenters. The van der Waals surface area contributed by atoms with E-state index in [-0.39, 0.29) is 0 Å². The van der Waals surface area contributed by atoms with E-state index in [4.69, 9.17) is 4.74 Å². The monoisotopic (exact) mass is 182 g/mol. The first kappa shape index (κ1) is 9.20. The predicted molar refractivity (Wildman–Crippen MR) is 50.5 cm³/mol. The minimum Gasteiger partial charge on any atom is -0.378 e. The van der Waals surface area contributed by atoms with Crippen molar-refractivity contribution in [3.05, 3.63) is 0 Å². The van der Waals surface area contributed by atoms with Crippen molar-refractivity contribution in [1.29, 1.82) is 0 Å². The second kappa shape index (κ2) is 3.79. The number of hydrogen-bond donors (Lipinski definition) is 0. The summed E-state index contributed by atoms with van der Waals surface area (Å²) >= 11 is 0. The van der Waals surface area contributed by atoms with Gasteiger partial charge in [-0.1, -0.05) is 6.92 Å². The standard InChI is InChI=1S/C11H18O2/c1-2-3-13-11-6-9(7-11)8-4-10(12)5-8/h8-9,11H,2-7H2,1H3. The Kier molecular flexibility index (Phi) is 2.68. The lowest BCUT2D eigenvalue weighted by atomic mass is 9.65. The predicted octanol–water partition coefficient (Wildman–Crippen LogP) is 2.17. The zero-order valence-corrected chi connectivity index (χ0v) is 8.29. The Labute approximate surface area is 79.7 Å². The quantitative estimate of drug-likeness (QED) is 0.666. The third kappa shape index (κ3) is 1.93. The first-order chi connectivity index (χ1) is 6.29. The SMILES string of the molecule is CCCOC1CC(C2CC(=O)C2)C1. The fourth-order valence-corrected chi connectivity index (χ4v) is 2.27. The van der Waals surface area contributed by atoms with Gasteiger partial charge in [-0.15, -0.1) is 0 Å². The molecule has 2 rings (SSSR count). The van der Waals surface area contributed by atoms with Gasteiger partial charge in [0.2, 0.25) is 0 Å². The molecule has 74 valence electrons. The molecule has 0 radical (unpaired) electrons. The highest BCUT2D eigenvalue weighted by molar-refractivity contribution is 5.84. The summed E-state index contributed by atoms with van der Waals surface area (Å²) in [4.78, 5) is 10.8. The summed E-state index contributed by atoms with van der Waals surface area (Å²) in [7, 11) is 0. The first-order valence-corrected chi connectivity index (χ1v) is 5.43. The van der Waals surface area contributed by atoms with Gasteiger partial charge in [0.15, 0.2) is 0 Å². The maximum absolute atomic E-state index is 10.8. The van der Waals surface area contributed by atoms with Crippen LogP contribution in [0.2, 0.25) is 0 Å². The van der Waals surface area contributed by atoms with Gasteiger partial charge in [0.25, 0.3) is 0 Å². The number of ether oxygens (including phenoxy) is 1. The van der Waals surface area contributed by atoms with Gasteiger partial charge in [-0.25, -0.2) is 0 Å². The van der Waals surface area contributed by atoms with Gasteiger partial charge in [-0.3, -0.25) is 4.79 Å². The maximum atomic E-state index is 10.8. The number of rotatable bonds is 4. The minimum absolute atomic E-state index is 0.461. The van der Waals surface area contributed by atoms with Crippen molar-refractivity contribution in [2.24, 2.45) is 11.8 Å². The van der Waals surface area contributed by atoms with Crippen molar-refractivity contribution < 1.29 is 9.53 Å². The van der Waals surface area contributed by atoms with E-state index in [1.807, 2.05) is 0 Å². The highest BCUT2D eigenvalue weighted by atomic mass is 16.5. The van der Waals surface area contributed by atoms with E-state index in [0.29, 0.717) is 17.8 Å². The van der Waals surface area contributed by atoms with Crippen LogP contribution in [0.25, 0.3) is 0 Å². The summed E-state index contributed by atoms with van der Waals surface area (Å²) in [6.45, 7) is 3.04. The van der Waals surface area contributed by atoms with Crippen LogP contribution >= 0.6 is 0 Å². The summed E-state index contributed by atoms with van der Waals surface area (Å²) in [5.41, 5.74) is 0. The summed E-state index contributed by atoms with van der Waals surface area (Å²) < 4.78 is 5.62. The molecule has 2 aliphatic rings. The Bertz CT molecular complexity index is 186. The molecule has 0 aromatic rings. The number of carbonyl (C=O) groups excluding carboxylic acids is 1. The largest absolute Gasteiger partial charge is 0.378 e. The highest BCUT2D eigenvalue weighted by Crippen LogP contribution is 2.43. The van der Waals surface area contributed by atoms with Crippen molar-refractivity contribution in [3.8, 4) is 0 Å². The molecule has 0 aliphatic heterocycles. The van der Waals surface area contributed by atoms with Crippen LogP contribution in [0.1, 0.15) is 39.0 Å². The average molecular weight is 182 g/mol. The second-order valence-corrected chi connectivity index (χ2v) is 4.43. The van der Waals surface area contributed by atoms with Gasteiger partial charge >= 0.3 is 0 Å². The van der Waals surface area contributed by atoms with Crippen molar-refractivity contribution in [2.75, 3.05) is 6.61 Å². The van der Waals surface area contributed by atoms with E-state index in [2.05, 4.69) is 6.92 Å². The minimum atomic E-state index is 0.461. The average Bonchev–Trinajstić information content (AvgIpc) is 1.98. The van der Waals surface area contributed by atoms with Crippen LogP contribution in [0.5, 0.6) is 0 Å². The number of ketones is 1. The van der Waals surface area contributed by atoms with Crippen LogP contribution in [-0.2, 0) is 9.53 Å². The molecular weight excluding hydrogens is 164 g/mol. The van der Waals surface area contributed by atoms with Gasteiger partial charge in [0, 0.05) is 19.4 Å². The molecular formula is C11H18O2. The molecule has 2 nitrogen and oxygen atoms in total. The summed E-state index contributed by atoms with van der Waals surface area (Å²) in [5, 5.41) is 0. The zero-order valence-electron chi connectivity index (χ0n) is 8.29. The van der Waals surface area contributed by atoms with Gasteiger partial charge in [0.05, 0.1) is 6.10 Å². The molecule has 0 amide bonds. The Morgan fingerprint density at radius 2 is 2.00 bits per heavy atom. The third-order valence-electron chi connectivity index (χ3n) is 3.34. The molecule has 2 heteroatoms. The van der Waals surface area contributed by atoms with E-state index >= 15 is 0 Å². The fraction of sp³-hybridized carbons (Fsp3) is 0.909. The van der Waals surface area contributed by atoms with Gasteiger partial charge < -0.3 is 4.74 Å². The highest BCUT2D eigenvalue weighted by Gasteiger charge is 2.41. The number of hydrogen-bond acceptors (Lipinski definition) is 2. The van der Waals surface area contributed by atoms with Gasteiger partial charge in [-0.2, -0.15) is 0 Å². The Balaban J connectivity index is 1.59. The lowest BCUT2D eigenvalue weighted by molar-refractivity contribution is -0.133. The summed E-state index contributed by atoms with van der Waals surface area (Å²) in [6, 6.07) is 0. The number of carbonyl (C=O) groups is 1. The van der Waals surface area contributed by atoms with Gasteiger partial charge in [-0.05, 0) is 31.1 Å². The smallest absolute Gasteiger partial charge is 0.133 e. The van der Waals surface area contributed by atoms with Crippen LogP contribution in [0.4, 0.5) is 0 Å². The molecule has 2 fully saturated rings. The van der Waals surface area contributed by atoms with Crippen molar-refractivity contribution in [3.63, 3.8) is 0 Å². The van der Waals surface area contributed by atoms with Gasteiger partial charge in [0.1, 0.15) is 5.78 Å². The van der Waals surface area contributed by atoms with Crippen LogP contribution < -0.4 is 0 Å².